The molecule has 1 aliphatic rings. The van der Waals surface area contributed by atoms with Gasteiger partial charge in [0.25, 0.3) is 0 Å². The molecule has 1 aromatic carbocycles. The maximum atomic E-state index is 11.5. The van der Waals surface area contributed by atoms with Crippen LogP contribution in [0.2, 0.25) is 5.02 Å². The highest BCUT2D eigenvalue weighted by Gasteiger charge is 2.16. The average Bonchev–Trinajstić information content (AvgIpc) is 2.79. The molecule has 0 aromatic heterocycles. The zero-order valence-corrected chi connectivity index (χ0v) is 10.2. The quantitative estimate of drug-likeness (QED) is 0.871. The molecule has 0 aliphatic carbocycles. The van der Waals surface area contributed by atoms with E-state index in [0.717, 1.165) is 19.5 Å². The summed E-state index contributed by atoms with van der Waals surface area (Å²) in [5.41, 5.74) is 0.645. The Balaban J connectivity index is 1.76. The number of benzene rings is 1. The third-order valence-electron chi connectivity index (χ3n) is 2.68. The van der Waals surface area contributed by atoms with Crippen LogP contribution in [-0.4, -0.2) is 25.8 Å². The molecule has 4 nitrogen and oxygen atoms in total. The number of rotatable bonds is 3. The zero-order valence-electron chi connectivity index (χ0n) is 9.41. The zero-order chi connectivity index (χ0) is 12.1. The van der Waals surface area contributed by atoms with E-state index in [2.05, 4.69) is 10.6 Å². The van der Waals surface area contributed by atoms with Gasteiger partial charge in [0, 0.05) is 23.2 Å². The standard InChI is InChI=1S/C12H15ClN2O2/c13-10-2-1-3-11(6-10)15-12(16)17-8-9-4-5-14-7-9/h1-3,6,9,14H,4-5,7-8H2,(H,15,16). The minimum Gasteiger partial charge on any atom is -0.449 e. The minimum atomic E-state index is -0.431. The van der Waals surface area contributed by atoms with Gasteiger partial charge in [-0.25, -0.2) is 4.79 Å². The maximum Gasteiger partial charge on any atom is 0.411 e. The first kappa shape index (κ1) is 12.2. The molecule has 1 unspecified atom stereocenters. The highest BCUT2D eigenvalue weighted by atomic mass is 35.5. The topological polar surface area (TPSA) is 50.4 Å². The van der Waals surface area contributed by atoms with E-state index >= 15 is 0 Å². The van der Waals surface area contributed by atoms with Crippen molar-refractivity contribution in [3.63, 3.8) is 0 Å². The van der Waals surface area contributed by atoms with Gasteiger partial charge in [0.05, 0.1) is 6.61 Å². The van der Waals surface area contributed by atoms with Crippen LogP contribution in [0.3, 0.4) is 0 Å². The van der Waals surface area contributed by atoms with Gasteiger partial charge in [-0.3, -0.25) is 5.32 Å². The largest absolute Gasteiger partial charge is 0.449 e. The van der Waals surface area contributed by atoms with Crippen molar-refractivity contribution in [3.8, 4) is 0 Å². The van der Waals surface area contributed by atoms with Gasteiger partial charge in [0.15, 0.2) is 0 Å². The van der Waals surface area contributed by atoms with E-state index in [4.69, 9.17) is 16.3 Å². The first-order valence-corrected chi connectivity index (χ1v) is 6.02. The maximum absolute atomic E-state index is 11.5. The fourth-order valence-corrected chi connectivity index (χ4v) is 1.96. The van der Waals surface area contributed by atoms with Crippen molar-refractivity contribution in [1.82, 2.24) is 5.32 Å². The Morgan fingerprint density at radius 3 is 3.18 bits per heavy atom. The summed E-state index contributed by atoms with van der Waals surface area (Å²) in [6.07, 6.45) is 0.629. The van der Waals surface area contributed by atoms with Gasteiger partial charge in [0.1, 0.15) is 0 Å². The molecule has 5 heteroatoms. The van der Waals surface area contributed by atoms with Gasteiger partial charge in [0.2, 0.25) is 0 Å². The van der Waals surface area contributed by atoms with Crippen molar-refractivity contribution in [2.24, 2.45) is 5.92 Å². The summed E-state index contributed by atoms with van der Waals surface area (Å²) in [5.74, 6) is 0.431. The monoisotopic (exact) mass is 254 g/mol. The number of carbonyl (C=O) groups excluding carboxylic acids is 1. The lowest BCUT2D eigenvalue weighted by Gasteiger charge is -2.10. The average molecular weight is 255 g/mol. The predicted molar refractivity (Wildman–Crippen MR) is 67.4 cm³/mol. The fourth-order valence-electron chi connectivity index (χ4n) is 1.77. The van der Waals surface area contributed by atoms with E-state index < -0.39 is 6.09 Å². The van der Waals surface area contributed by atoms with Gasteiger partial charge >= 0.3 is 6.09 Å². The molecular weight excluding hydrogens is 240 g/mol. The van der Waals surface area contributed by atoms with Crippen LogP contribution in [0.1, 0.15) is 6.42 Å². The van der Waals surface area contributed by atoms with Crippen molar-refractivity contribution in [1.29, 1.82) is 0 Å². The third kappa shape index (κ3) is 3.91. The van der Waals surface area contributed by atoms with Crippen LogP contribution in [0.25, 0.3) is 0 Å². The first-order chi connectivity index (χ1) is 8.24. The number of nitrogens with one attached hydrogen (secondary N) is 2. The van der Waals surface area contributed by atoms with E-state index in [1.165, 1.54) is 0 Å². The van der Waals surface area contributed by atoms with E-state index in [0.29, 0.717) is 23.2 Å². The lowest BCUT2D eigenvalue weighted by molar-refractivity contribution is 0.144. The van der Waals surface area contributed by atoms with Crippen molar-refractivity contribution < 1.29 is 9.53 Å². The van der Waals surface area contributed by atoms with Crippen LogP contribution in [-0.2, 0) is 4.74 Å². The smallest absolute Gasteiger partial charge is 0.411 e. The van der Waals surface area contributed by atoms with Crippen LogP contribution >= 0.6 is 11.6 Å². The third-order valence-corrected chi connectivity index (χ3v) is 2.92. The Kier molecular flexibility index (Phi) is 4.23. The number of ether oxygens (including phenoxy) is 1. The minimum absolute atomic E-state index is 0.431. The highest BCUT2D eigenvalue weighted by molar-refractivity contribution is 6.30. The van der Waals surface area contributed by atoms with Gasteiger partial charge < -0.3 is 10.1 Å². The number of anilines is 1. The molecule has 0 bridgehead atoms. The molecule has 1 fully saturated rings. The Bertz CT molecular complexity index is 392. The van der Waals surface area contributed by atoms with Gasteiger partial charge in [-0.15, -0.1) is 0 Å². The number of halogens is 1. The molecule has 0 saturated carbocycles. The molecule has 2 N–H and O–H groups in total. The van der Waals surface area contributed by atoms with Crippen LogP contribution in [0.15, 0.2) is 24.3 Å². The number of amides is 1. The second kappa shape index (κ2) is 5.89. The molecule has 0 spiro atoms. The molecular formula is C12H15ClN2O2. The van der Waals surface area contributed by atoms with Gasteiger partial charge in [-0.05, 0) is 31.2 Å². The molecule has 1 aliphatic heterocycles. The van der Waals surface area contributed by atoms with Crippen molar-refractivity contribution in [2.75, 3.05) is 25.0 Å². The van der Waals surface area contributed by atoms with Crippen LogP contribution < -0.4 is 10.6 Å². The van der Waals surface area contributed by atoms with E-state index in [9.17, 15) is 4.79 Å². The summed E-state index contributed by atoms with van der Waals surface area (Å²) in [4.78, 5) is 11.5. The van der Waals surface area contributed by atoms with Crippen molar-refractivity contribution >= 4 is 23.4 Å². The van der Waals surface area contributed by atoms with E-state index in [-0.39, 0.29) is 0 Å². The highest BCUT2D eigenvalue weighted by Crippen LogP contribution is 2.15. The SMILES string of the molecule is O=C(Nc1cccc(Cl)c1)OCC1CCNC1. The summed E-state index contributed by atoms with van der Waals surface area (Å²) < 4.78 is 5.14. The molecule has 92 valence electrons. The molecule has 1 saturated heterocycles. The number of hydrogen-bond donors (Lipinski definition) is 2. The first-order valence-electron chi connectivity index (χ1n) is 5.64. The summed E-state index contributed by atoms with van der Waals surface area (Å²) in [7, 11) is 0. The lowest BCUT2D eigenvalue weighted by Crippen LogP contribution is -2.20. The molecule has 1 atom stereocenters. The van der Waals surface area contributed by atoms with Crippen molar-refractivity contribution in [3.05, 3.63) is 29.3 Å². The molecule has 1 amide bonds. The molecule has 17 heavy (non-hydrogen) atoms. The molecule has 2 rings (SSSR count). The van der Waals surface area contributed by atoms with Gasteiger partial charge in [-0.1, -0.05) is 17.7 Å². The number of carbonyl (C=O) groups is 1. The summed E-state index contributed by atoms with van der Waals surface area (Å²) in [6, 6.07) is 6.98. The molecule has 1 aromatic rings. The Morgan fingerprint density at radius 2 is 2.47 bits per heavy atom. The Morgan fingerprint density at radius 1 is 1.59 bits per heavy atom. The Labute approximate surface area is 105 Å². The van der Waals surface area contributed by atoms with Crippen molar-refractivity contribution in [2.45, 2.75) is 6.42 Å². The van der Waals surface area contributed by atoms with Crippen LogP contribution in [0, 0.1) is 5.92 Å². The molecule has 1 heterocycles. The van der Waals surface area contributed by atoms with Gasteiger partial charge in [-0.2, -0.15) is 0 Å². The second-order valence-electron chi connectivity index (χ2n) is 4.09. The van der Waals surface area contributed by atoms with E-state index in [1.54, 1.807) is 24.3 Å². The predicted octanol–water partition coefficient (Wildman–Crippen LogP) is 2.50. The molecule has 0 radical (unpaired) electrons. The Hall–Kier alpha value is -1.26. The van der Waals surface area contributed by atoms with Crippen LogP contribution in [0.4, 0.5) is 10.5 Å². The van der Waals surface area contributed by atoms with E-state index in [1.807, 2.05) is 0 Å². The fraction of sp³-hybridized carbons (Fsp3) is 0.417. The summed E-state index contributed by atoms with van der Waals surface area (Å²) in [5, 5.41) is 6.45. The number of hydrogen-bond acceptors (Lipinski definition) is 3. The summed E-state index contributed by atoms with van der Waals surface area (Å²) >= 11 is 5.81. The van der Waals surface area contributed by atoms with Crippen LogP contribution in [0.5, 0.6) is 0 Å². The second-order valence-corrected chi connectivity index (χ2v) is 4.53. The summed E-state index contributed by atoms with van der Waals surface area (Å²) in [6.45, 7) is 2.38. The lowest BCUT2D eigenvalue weighted by atomic mass is 10.1. The normalized spacial score (nSPS) is 19.0.